The molecule has 0 saturated heterocycles. The Kier molecular flexibility index (Phi) is 7.79. The van der Waals surface area contributed by atoms with Crippen LogP contribution in [0.15, 0.2) is 29.6 Å². The summed E-state index contributed by atoms with van der Waals surface area (Å²) in [6.07, 6.45) is 1.10. The van der Waals surface area contributed by atoms with Crippen molar-refractivity contribution in [3.05, 3.63) is 40.9 Å². The minimum atomic E-state index is -0.226. The number of ether oxygens (including phenoxy) is 1. The summed E-state index contributed by atoms with van der Waals surface area (Å²) in [6.45, 7) is 6.66. The van der Waals surface area contributed by atoms with Crippen LogP contribution in [0.3, 0.4) is 0 Å². The van der Waals surface area contributed by atoms with Gasteiger partial charge in [0.15, 0.2) is 5.13 Å². The van der Waals surface area contributed by atoms with Gasteiger partial charge >= 0.3 is 0 Å². The fourth-order valence-electron chi connectivity index (χ4n) is 2.48. The van der Waals surface area contributed by atoms with Crippen molar-refractivity contribution in [1.82, 2.24) is 9.88 Å². The fourth-order valence-corrected chi connectivity index (χ4v) is 3.18. The van der Waals surface area contributed by atoms with Crippen molar-refractivity contribution in [3.8, 4) is 5.75 Å². The molecule has 1 N–H and O–H groups in total. The predicted octanol–water partition coefficient (Wildman–Crippen LogP) is 3.52. The van der Waals surface area contributed by atoms with Crippen molar-refractivity contribution >= 4 is 28.3 Å². The molecule has 0 saturated carbocycles. The molecule has 0 unspecified atom stereocenters. The van der Waals surface area contributed by atoms with Crippen molar-refractivity contribution in [2.45, 2.75) is 33.6 Å². The Bertz CT molecular complexity index is 756. The molecule has 1 aromatic heterocycles. The van der Waals surface area contributed by atoms with Crippen LogP contribution in [0.2, 0.25) is 0 Å². The summed E-state index contributed by atoms with van der Waals surface area (Å²) in [5.41, 5.74) is 1.76. The maximum Gasteiger partial charge on any atom is 0.245 e. The number of amides is 2. The van der Waals surface area contributed by atoms with Gasteiger partial charge in [-0.05, 0) is 37.0 Å². The van der Waals surface area contributed by atoms with Crippen LogP contribution in [0, 0.1) is 12.8 Å². The number of carbonyl (C=O) groups is 2. The van der Waals surface area contributed by atoms with Gasteiger partial charge in [-0.3, -0.25) is 9.59 Å². The SMILES string of the molecule is COc1ccc(CC(=O)N(CCC(C)C)CC(=O)Nc2nc(C)cs2)cc1. The average Bonchev–Trinajstić information content (AvgIpc) is 3.03. The molecule has 1 heterocycles. The maximum atomic E-state index is 12.8. The monoisotopic (exact) mass is 389 g/mol. The van der Waals surface area contributed by atoms with Crippen LogP contribution in [0.4, 0.5) is 5.13 Å². The standard InChI is InChI=1S/C20H27N3O3S/c1-14(2)9-10-23(12-18(24)22-20-21-15(3)13-27-20)19(25)11-16-5-7-17(26-4)8-6-16/h5-8,13-14H,9-12H2,1-4H3,(H,21,22,24). The van der Waals surface area contributed by atoms with Crippen LogP contribution in [-0.2, 0) is 16.0 Å². The highest BCUT2D eigenvalue weighted by atomic mass is 32.1. The van der Waals surface area contributed by atoms with Gasteiger partial charge in [-0.1, -0.05) is 26.0 Å². The van der Waals surface area contributed by atoms with E-state index in [9.17, 15) is 9.59 Å². The van der Waals surface area contributed by atoms with E-state index >= 15 is 0 Å². The number of anilines is 1. The first-order chi connectivity index (χ1) is 12.9. The normalized spacial score (nSPS) is 10.7. The number of thiazole rings is 1. The van der Waals surface area contributed by atoms with E-state index in [1.54, 1.807) is 12.0 Å². The third-order valence-corrected chi connectivity index (χ3v) is 4.92. The van der Waals surface area contributed by atoms with Crippen LogP contribution < -0.4 is 10.1 Å². The number of nitrogens with one attached hydrogen (secondary N) is 1. The van der Waals surface area contributed by atoms with Gasteiger partial charge in [0, 0.05) is 11.9 Å². The van der Waals surface area contributed by atoms with Crippen LogP contribution >= 0.6 is 11.3 Å². The molecule has 0 aliphatic carbocycles. The van der Waals surface area contributed by atoms with Gasteiger partial charge in [0.25, 0.3) is 0 Å². The van der Waals surface area contributed by atoms with Crippen molar-refractivity contribution in [2.24, 2.45) is 5.92 Å². The summed E-state index contributed by atoms with van der Waals surface area (Å²) in [5.74, 6) is 0.911. The van der Waals surface area contributed by atoms with Crippen LogP contribution in [0.5, 0.6) is 5.75 Å². The summed E-state index contributed by atoms with van der Waals surface area (Å²) in [4.78, 5) is 31.0. The summed E-state index contributed by atoms with van der Waals surface area (Å²) >= 11 is 1.38. The molecule has 0 aliphatic rings. The summed E-state index contributed by atoms with van der Waals surface area (Å²) in [5, 5.41) is 5.21. The molecule has 0 bridgehead atoms. The van der Waals surface area contributed by atoms with E-state index in [0.717, 1.165) is 23.4 Å². The molecular weight excluding hydrogens is 362 g/mol. The number of hydrogen-bond acceptors (Lipinski definition) is 5. The minimum Gasteiger partial charge on any atom is -0.497 e. The van der Waals surface area contributed by atoms with Crippen LogP contribution in [-0.4, -0.2) is 41.9 Å². The second-order valence-corrected chi connectivity index (χ2v) is 7.72. The second-order valence-electron chi connectivity index (χ2n) is 6.86. The Hall–Kier alpha value is -2.41. The smallest absolute Gasteiger partial charge is 0.245 e. The molecule has 2 aromatic rings. The lowest BCUT2D eigenvalue weighted by Gasteiger charge is -2.23. The van der Waals surface area contributed by atoms with E-state index in [2.05, 4.69) is 24.1 Å². The zero-order valence-corrected chi connectivity index (χ0v) is 17.1. The molecule has 0 aliphatic heterocycles. The molecule has 7 heteroatoms. The maximum absolute atomic E-state index is 12.8. The lowest BCUT2D eigenvalue weighted by molar-refractivity contribution is -0.134. The van der Waals surface area contributed by atoms with Gasteiger partial charge < -0.3 is 15.0 Å². The average molecular weight is 390 g/mol. The molecule has 1 aromatic carbocycles. The number of aromatic nitrogens is 1. The van der Waals surface area contributed by atoms with E-state index in [0.29, 0.717) is 17.6 Å². The fraction of sp³-hybridized carbons (Fsp3) is 0.450. The number of nitrogens with zero attached hydrogens (tertiary/aromatic N) is 2. The number of benzene rings is 1. The third-order valence-electron chi connectivity index (χ3n) is 4.04. The Morgan fingerprint density at radius 3 is 2.52 bits per heavy atom. The van der Waals surface area contributed by atoms with Crippen molar-refractivity contribution in [1.29, 1.82) is 0 Å². The number of hydrogen-bond donors (Lipinski definition) is 1. The van der Waals surface area contributed by atoms with Gasteiger partial charge in [0.2, 0.25) is 11.8 Å². The molecule has 0 spiro atoms. The van der Waals surface area contributed by atoms with E-state index < -0.39 is 0 Å². The first-order valence-electron chi connectivity index (χ1n) is 9.00. The second kappa shape index (κ2) is 10.1. The van der Waals surface area contributed by atoms with Crippen molar-refractivity contribution < 1.29 is 14.3 Å². The number of rotatable bonds is 9. The quantitative estimate of drug-likeness (QED) is 0.712. The summed E-state index contributed by atoms with van der Waals surface area (Å²) in [7, 11) is 1.61. The first-order valence-corrected chi connectivity index (χ1v) is 9.88. The van der Waals surface area contributed by atoms with Gasteiger partial charge in [0.1, 0.15) is 5.75 Å². The molecule has 0 atom stereocenters. The van der Waals surface area contributed by atoms with Crippen molar-refractivity contribution in [3.63, 3.8) is 0 Å². The van der Waals surface area contributed by atoms with E-state index in [1.165, 1.54) is 11.3 Å². The van der Waals surface area contributed by atoms with Crippen LogP contribution in [0.1, 0.15) is 31.5 Å². The molecule has 0 radical (unpaired) electrons. The Morgan fingerprint density at radius 2 is 1.96 bits per heavy atom. The first kappa shape index (κ1) is 20.9. The highest BCUT2D eigenvalue weighted by Gasteiger charge is 2.18. The molecular formula is C20H27N3O3S. The summed E-state index contributed by atoms with van der Waals surface area (Å²) in [6, 6.07) is 7.41. The Morgan fingerprint density at radius 1 is 1.26 bits per heavy atom. The van der Waals surface area contributed by atoms with Crippen LogP contribution in [0.25, 0.3) is 0 Å². The predicted molar refractivity (Wildman–Crippen MR) is 108 cm³/mol. The third kappa shape index (κ3) is 7.02. The van der Waals surface area contributed by atoms with E-state index in [1.807, 2.05) is 36.6 Å². The van der Waals surface area contributed by atoms with Gasteiger partial charge in [-0.15, -0.1) is 11.3 Å². The number of carbonyl (C=O) groups excluding carboxylic acids is 2. The zero-order chi connectivity index (χ0) is 19.8. The van der Waals surface area contributed by atoms with Gasteiger partial charge in [0.05, 0.1) is 25.8 Å². The van der Waals surface area contributed by atoms with E-state index in [4.69, 9.17) is 4.74 Å². The lowest BCUT2D eigenvalue weighted by Crippen LogP contribution is -2.39. The zero-order valence-electron chi connectivity index (χ0n) is 16.3. The summed E-state index contributed by atoms with van der Waals surface area (Å²) < 4.78 is 5.14. The molecule has 2 rings (SSSR count). The van der Waals surface area contributed by atoms with E-state index in [-0.39, 0.29) is 24.8 Å². The molecule has 27 heavy (non-hydrogen) atoms. The lowest BCUT2D eigenvalue weighted by atomic mass is 10.1. The highest BCUT2D eigenvalue weighted by molar-refractivity contribution is 7.13. The molecule has 146 valence electrons. The number of aryl methyl sites for hydroxylation is 1. The van der Waals surface area contributed by atoms with Gasteiger partial charge in [-0.2, -0.15) is 0 Å². The van der Waals surface area contributed by atoms with Crippen molar-refractivity contribution in [2.75, 3.05) is 25.5 Å². The Balaban J connectivity index is 2.00. The van der Waals surface area contributed by atoms with Gasteiger partial charge in [-0.25, -0.2) is 4.98 Å². The largest absolute Gasteiger partial charge is 0.497 e. The highest BCUT2D eigenvalue weighted by Crippen LogP contribution is 2.15. The topological polar surface area (TPSA) is 71.5 Å². The Labute approximate surface area is 164 Å². The molecule has 2 amide bonds. The minimum absolute atomic E-state index is 0.0281. The molecule has 0 fully saturated rings. The number of methoxy groups -OCH3 is 1. The molecule has 6 nitrogen and oxygen atoms in total.